The minimum absolute atomic E-state index is 0.0220. The van der Waals surface area contributed by atoms with Crippen molar-refractivity contribution in [1.82, 2.24) is 0 Å². The summed E-state index contributed by atoms with van der Waals surface area (Å²) >= 11 is 0. The SMILES string of the molecule is C[C@@H](OCC(N)CO)c1ccccc1. The van der Waals surface area contributed by atoms with Crippen LogP contribution in [0.3, 0.4) is 0 Å². The van der Waals surface area contributed by atoms with Gasteiger partial charge in [0.2, 0.25) is 0 Å². The van der Waals surface area contributed by atoms with Crippen molar-refractivity contribution < 1.29 is 9.84 Å². The van der Waals surface area contributed by atoms with Crippen molar-refractivity contribution >= 4 is 0 Å². The first-order valence-electron chi connectivity index (χ1n) is 4.77. The van der Waals surface area contributed by atoms with Crippen LogP contribution in [0.1, 0.15) is 18.6 Å². The van der Waals surface area contributed by atoms with E-state index in [1.54, 1.807) is 0 Å². The Kier molecular flexibility index (Phi) is 4.59. The topological polar surface area (TPSA) is 55.5 Å². The summed E-state index contributed by atoms with van der Waals surface area (Å²) in [4.78, 5) is 0. The number of hydrogen-bond acceptors (Lipinski definition) is 3. The largest absolute Gasteiger partial charge is 0.395 e. The number of hydrogen-bond donors (Lipinski definition) is 2. The number of rotatable bonds is 5. The molecule has 0 saturated heterocycles. The van der Waals surface area contributed by atoms with E-state index in [9.17, 15) is 0 Å². The van der Waals surface area contributed by atoms with Crippen LogP contribution < -0.4 is 5.73 Å². The first-order chi connectivity index (χ1) is 6.74. The molecule has 0 bridgehead atoms. The highest BCUT2D eigenvalue weighted by Crippen LogP contribution is 2.15. The summed E-state index contributed by atoms with van der Waals surface area (Å²) < 4.78 is 5.50. The first-order valence-corrected chi connectivity index (χ1v) is 4.77. The normalized spacial score (nSPS) is 15.1. The van der Waals surface area contributed by atoms with Crippen molar-refractivity contribution in [3.8, 4) is 0 Å². The van der Waals surface area contributed by atoms with Crippen molar-refractivity contribution in [2.45, 2.75) is 19.1 Å². The molecule has 0 amide bonds. The predicted molar refractivity (Wildman–Crippen MR) is 55.9 cm³/mol. The second-order valence-corrected chi connectivity index (χ2v) is 3.33. The van der Waals surface area contributed by atoms with Gasteiger partial charge in [-0.2, -0.15) is 0 Å². The zero-order valence-corrected chi connectivity index (χ0v) is 8.39. The molecule has 0 aliphatic rings. The standard InChI is InChI=1S/C11H17NO2/c1-9(14-8-11(12)7-13)10-5-3-2-4-6-10/h2-6,9,11,13H,7-8,12H2,1H3/t9-,11?/m1/s1. The number of aliphatic hydroxyl groups excluding tert-OH is 1. The minimum Gasteiger partial charge on any atom is -0.395 e. The van der Waals surface area contributed by atoms with E-state index in [0.717, 1.165) is 5.56 Å². The maximum atomic E-state index is 8.71. The summed E-state index contributed by atoms with van der Waals surface area (Å²) in [5.74, 6) is 0. The molecule has 0 aromatic heterocycles. The first kappa shape index (κ1) is 11.2. The summed E-state index contributed by atoms with van der Waals surface area (Å²) in [7, 11) is 0. The number of aliphatic hydroxyl groups is 1. The zero-order chi connectivity index (χ0) is 10.4. The summed E-state index contributed by atoms with van der Waals surface area (Å²) in [6.07, 6.45) is 0.0220. The number of benzene rings is 1. The monoisotopic (exact) mass is 195 g/mol. The Bertz CT molecular complexity index is 251. The van der Waals surface area contributed by atoms with Gasteiger partial charge in [-0.1, -0.05) is 30.3 Å². The van der Waals surface area contributed by atoms with Crippen LogP contribution in [0.4, 0.5) is 0 Å². The van der Waals surface area contributed by atoms with E-state index < -0.39 is 0 Å². The smallest absolute Gasteiger partial charge is 0.0797 e. The van der Waals surface area contributed by atoms with Gasteiger partial charge in [0.15, 0.2) is 0 Å². The number of nitrogens with two attached hydrogens (primary N) is 1. The second-order valence-electron chi connectivity index (χ2n) is 3.33. The summed E-state index contributed by atoms with van der Waals surface area (Å²) in [5.41, 5.74) is 6.65. The van der Waals surface area contributed by atoms with Crippen LogP contribution in [0.5, 0.6) is 0 Å². The molecule has 78 valence electrons. The highest BCUT2D eigenvalue weighted by molar-refractivity contribution is 5.16. The molecule has 1 unspecified atom stereocenters. The molecule has 0 aliphatic heterocycles. The lowest BCUT2D eigenvalue weighted by Crippen LogP contribution is -2.30. The second kappa shape index (κ2) is 5.75. The molecule has 3 nitrogen and oxygen atoms in total. The van der Waals surface area contributed by atoms with Crippen molar-refractivity contribution in [2.24, 2.45) is 5.73 Å². The average Bonchev–Trinajstić information content (AvgIpc) is 2.26. The van der Waals surface area contributed by atoms with Crippen LogP contribution in [0, 0.1) is 0 Å². The van der Waals surface area contributed by atoms with Crippen LogP contribution >= 0.6 is 0 Å². The van der Waals surface area contributed by atoms with E-state index in [1.165, 1.54) is 0 Å². The van der Waals surface area contributed by atoms with E-state index in [2.05, 4.69) is 0 Å². The average molecular weight is 195 g/mol. The molecule has 1 rings (SSSR count). The van der Waals surface area contributed by atoms with Gasteiger partial charge in [0.25, 0.3) is 0 Å². The Hall–Kier alpha value is -0.900. The molecule has 14 heavy (non-hydrogen) atoms. The third kappa shape index (κ3) is 3.46. The van der Waals surface area contributed by atoms with Gasteiger partial charge >= 0.3 is 0 Å². The molecule has 0 spiro atoms. The van der Waals surface area contributed by atoms with Crippen LogP contribution in [-0.4, -0.2) is 24.4 Å². The maximum Gasteiger partial charge on any atom is 0.0797 e. The third-order valence-electron chi connectivity index (χ3n) is 2.06. The van der Waals surface area contributed by atoms with Crippen LogP contribution in [0.2, 0.25) is 0 Å². The van der Waals surface area contributed by atoms with Crippen molar-refractivity contribution in [1.29, 1.82) is 0 Å². The van der Waals surface area contributed by atoms with Crippen LogP contribution in [0.15, 0.2) is 30.3 Å². The molecule has 0 radical (unpaired) electrons. The fourth-order valence-electron chi connectivity index (χ4n) is 1.14. The molecule has 0 heterocycles. The quantitative estimate of drug-likeness (QED) is 0.739. The van der Waals surface area contributed by atoms with Gasteiger partial charge < -0.3 is 15.6 Å². The highest BCUT2D eigenvalue weighted by Gasteiger charge is 2.07. The Labute approximate surface area is 84.5 Å². The van der Waals surface area contributed by atoms with E-state index in [-0.39, 0.29) is 18.8 Å². The van der Waals surface area contributed by atoms with Gasteiger partial charge in [-0.25, -0.2) is 0 Å². The van der Waals surface area contributed by atoms with Gasteiger partial charge in [0, 0.05) is 0 Å². The lowest BCUT2D eigenvalue weighted by atomic mass is 10.1. The molecule has 2 atom stereocenters. The van der Waals surface area contributed by atoms with Crippen LogP contribution in [-0.2, 0) is 4.74 Å². The molecule has 0 fully saturated rings. The van der Waals surface area contributed by atoms with E-state index in [0.29, 0.717) is 6.61 Å². The maximum absolute atomic E-state index is 8.71. The lowest BCUT2D eigenvalue weighted by molar-refractivity contribution is 0.0448. The van der Waals surface area contributed by atoms with Crippen LogP contribution in [0.25, 0.3) is 0 Å². The fraction of sp³-hybridized carbons (Fsp3) is 0.455. The molecule has 0 saturated carbocycles. The fourth-order valence-corrected chi connectivity index (χ4v) is 1.14. The zero-order valence-electron chi connectivity index (χ0n) is 8.39. The summed E-state index contributed by atoms with van der Waals surface area (Å²) in [6, 6.07) is 9.64. The molecule has 0 aliphatic carbocycles. The summed E-state index contributed by atoms with van der Waals surface area (Å²) in [5, 5.41) is 8.71. The van der Waals surface area contributed by atoms with Gasteiger partial charge in [-0.15, -0.1) is 0 Å². The Morgan fingerprint density at radius 2 is 2.00 bits per heavy atom. The Balaban J connectivity index is 2.39. The van der Waals surface area contributed by atoms with E-state index in [1.807, 2.05) is 37.3 Å². The van der Waals surface area contributed by atoms with Gasteiger partial charge in [-0.05, 0) is 12.5 Å². The van der Waals surface area contributed by atoms with Gasteiger partial charge in [0.1, 0.15) is 0 Å². The number of ether oxygens (including phenoxy) is 1. The Morgan fingerprint density at radius 3 is 2.57 bits per heavy atom. The lowest BCUT2D eigenvalue weighted by Gasteiger charge is -2.15. The van der Waals surface area contributed by atoms with E-state index >= 15 is 0 Å². The molecule has 3 heteroatoms. The van der Waals surface area contributed by atoms with Gasteiger partial charge in [0.05, 0.1) is 25.4 Å². The Morgan fingerprint density at radius 1 is 1.36 bits per heavy atom. The van der Waals surface area contributed by atoms with Crippen molar-refractivity contribution in [3.63, 3.8) is 0 Å². The minimum atomic E-state index is -0.291. The van der Waals surface area contributed by atoms with Crippen molar-refractivity contribution in [2.75, 3.05) is 13.2 Å². The third-order valence-corrected chi connectivity index (χ3v) is 2.06. The molecule has 1 aromatic rings. The molecular formula is C11H17NO2. The van der Waals surface area contributed by atoms with Crippen molar-refractivity contribution in [3.05, 3.63) is 35.9 Å². The van der Waals surface area contributed by atoms with E-state index in [4.69, 9.17) is 15.6 Å². The predicted octanol–water partition coefficient (Wildman–Crippen LogP) is 1.08. The highest BCUT2D eigenvalue weighted by atomic mass is 16.5. The summed E-state index contributed by atoms with van der Waals surface area (Å²) in [6.45, 7) is 2.31. The molecule has 3 N–H and O–H groups in total. The van der Waals surface area contributed by atoms with Gasteiger partial charge in [-0.3, -0.25) is 0 Å². The molecule has 1 aromatic carbocycles. The molecular weight excluding hydrogens is 178 g/mol.